The molecule has 0 aliphatic carbocycles. The molecule has 0 atom stereocenters. The molecule has 1 aromatic carbocycles. The minimum atomic E-state index is -4.29. The molecular weight excluding hydrogens is 261 g/mol. The third kappa shape index (κ3) is 1.52. The summed E-state index contributed by atoms with van der Waals surface area (Å²) in [5.74, 6) is -1.82. The Labute approximate surface area is 93.5 Å². The number of hydrogen-bond acceptors (Lipinski definition) is 4. The topological polar surface area (TPSA) is 69.3 Å². The first-order valence-corrected chi connectivity index (χ1v) is 6.36. The van der Waals surface area contributed by atoms with E-state index in [1.807, 2.05) is 0 Å². The lowest BCUT2D eigenvalue weighted by molar-refractivity contribution is 0.528. The normalized spacial score (nSPS) is 12.2. The van der Waals surface area contributed by atoms with Gasteiger partial charge in [0.25, 0.3) is 9.05 Å². The van der Waals surface area contributed by atoms with Crippen LogP contribution in [0.3, 0.4) is 0 Å². The van der Waals surface area contributed by atoms with Crippen LogP contribution in [0.1, 0.15) is 0 Å². The predicted octanol–water partition coefficient (Wildman–Crippen LogP) is 1.20. The Hall–Kier alpha value is -1.34. The lowest BCUT2D eigenvalue weighted by Gasteiger charge is -2.01. The fraction of sp³-hybridized carbons (Fsp3) is 0.125. The number of aryl methyl sites for hydroxylation is 1. The maximum Gasteiger partial charge on any atom is 0.419 e. The standard InChI is InChI=1S/C8H5ClFNO4S/c1-11-6-5(15-8(11)12)3-2-4(10)7(6)16(9,13)14/h2-3H,1H3. The van der Waals surface area contributed by atoms with Crippen molar-refractivity contribution in [1.82, 2.24) is 4.57 Å². The van der Waals surface area contributed by atoms with Gasteiger partial charge in [0.05, 0.1) is 0 Å². The molecule has 1 aromatic heterocycles. The quantitative estimate of drug-likeness (QED) is 0.727. The molecule has 0 spiro atoms. The van der Waals surface area contributed by atoms with Gasteiger partial charge in [0.1, 0.15) is 16.2 Å². The van der Waals surface area contributed by atoms with Crippen LogP contribution in [0.2, 0.25) is 0 Å². The second-order valence-corrected chi connectivity index (χ2v) is 5.59. The number of oxazole rings is 1. The van der Waals surface area contributed by atoms with Crippen molar-refractivity contribution < 1.29 is 17.2 Å². The van der Waals surface area contributed by atoms with Crippen LogP contribution in [-0.4, -0.2) is 13.0 Å². The van der Waals surface area contributed by atoms with Gasteiger partial charge in [0.15, 0.2) is 5.58 Å². The van der Waals surface area contributed by atoms with Crippen LogP contribution < -0.4 is 5.76 Å². The van der Waals surface area contributed by atoms with Crippen molar-refractivity contribution in [3.8, 4) is 0 Å². The van der Waals surface area contributed by atoms with Gasteiger partial charge in [-0.05, 0) is 12.1 Å². The van der Waals surface area contributed by atoms with Crippen molar-refractivity contribution in [3.05, 3.63) is 28.5 Å². The zero-order chi connectivity index (χ0) is 12.1. The molecule has 0 fully saturated rings. The van der Waals surface area contributed by atoms with E-state index in [0.717, 1.165) is 16.7 Å². The molecule has 1 heterocycles. The molecule has 0 aliphatic rings. The molecule has 8 heteroatoms. The summed E-state index contributed by atoms with van der Waals surface area (Å²) >= 11 is 0. The summed E-state index contributed by atoms with van der Waals surface area (Å²) in [6, 6.07) is 2.04. The number of fused-ring (bicyclic) bond motifs is 1. The van der Waals surface area contributed by atoms with Crippen LogP contribution in [0.15, 0.2) is 26.2 Å². The van der Waals surface area contributed by atoms with Crippen molar-refractivity contribution in [1.29, 1.82) is 0 Å². The maximum absolute atomic E-state index is 13.4. The van der Waals surface area contributed by atoms with Gasteiger partial charge in [-0.1, -0.05) is 0 Å². The van der Waals surface area contributed by atoms with E-state index in [4.69, 9.17) is 15.1 Å². The molecule has 0 aliphatic heterocycles. The van der Waals surface area contributed by atoms with Gasteiger partial charge < -0.3 is 4.42 Å². The monoisotopic (exact) mass is 265 g/mol. The van der Waals surface area contributed by atoms with Crippen LogP contribution in [0.5, 0.6) is 0 Å². The highest BCUT2D eigenvalue weighted by atomic mass is 35.7. The lowest BCUT2D eigenvalue weighted by atomic mass is 10.3. The Bertz CT molecular complexity index is 730. The minimum absolute atomic E-state index is 0.0341. The molecule has 2 aromatic rings. The van der Waals surface area contributed by atoms with E-state index in [-0.39, 0.29) is 11.1 Å². The van der Waals surface area contributed by atoms with Gasteiger partial charge in [-0.3, -0.25) is 4.57 Å². The molecular formula is C8H5ClFNO4S. The number of nitrogens with zero attached hydrogens (tertiary/aromatic N) is 1. The number of rotatable bonds is 1. The van der Waals surface area contributed by atoms with Gasteiger partial charge in [-0.2, -0.15) is 0 Å². The summed E-state index contributed by atoms with van der Waals surface area (Å²) in [5, 5.41) is 0. The Morgan fingerprint density at radius 3 is 2.62 bits per heavy atom. The highest BCUT2D eigenvalue weighted by Gasteiger charge is 2.24. The number of halogens is 2. The van der Waals surface area contributed by atoms with E-state index in [2.05, 4.69) is 0 Å². The molecule has 0 radical (unpaired) electrons. The molecule has 86 valence electrons. The van der Waals surface area contributed by atoms with E-state index in [9.17, 15) is 17.6 Å². The second-order valence-electron chi connectivity index (χ2n) is 3.09. The summed E-state index contributed by atoms with van der Waals surface area (Å²) in [6.45, 7) is 0. The fourth-order valence-corrected chi connectivity index (χ4v) is 2.62. The summed E-state index contributed by atoms with van der Waals surface area (Å²) in [7, 11) is 2.07. The van der Waals surface area contributed by atoms with Crippen molar-refractivity contribution >= 4 is 30.8 Å². The fourth-order valence-electron chi connectivity index (χ4n) is 1.41. The Morgan fingerprint density at radius 2 is 2.06 bits per heavy atom. The summed E-state index contributed by atoms with van der Waals surface area (Å²) in [5.41, 5.74) is -0.215. The third-order valence-electron chi connectivity index (χ3n) is 2.10. The Balaban J connectivity index is 3.13. The average Bonchev–Trinajstić information content (AvgIpc) is 2.42. The second kappa shape index (κ2) is 3.33. The minimum Gasteiger partial charge on any atom is -0.408 e. The van der Waals surface area contributed by atoms with Gasteiger partial charge in [0.2, 0.25) is 0 Å². The molecule has 0 amide bonds. The van der Waals surface area contributed by atoms with E-state index >= 15 is 0 Å². The van der Waals surface area contributed by atoms with Gasteiger partial charge in [-0.25, -0.2) is 17.6 Å². The van der Waals surface area contributed by atoms with Crippen molar-refractivity contribution in [3.63, 3.8) is 0 Å². The van der Waals surface area contributed by atoms with Crippen molar-refractivity contribution in [2.24, 2.45) is 7.05 Å². The number of aromatic nitrogens is 1. The van der Waals surface area contributed by atoms with Gasteiger partial charge in [-0.15, -0.1) is 0 Å². The van der Waals surface area contributed by atoms with Gasteiger partial charge in [0, 0.05) is 17.7 Å². The Kier molecular flexibility index (Phi) is 2.32. The van der Waals surface area contributed by atoms with Crippen LogP contribution in [0.25, 0.3) is 11.1 Å². The number of hydrogen-bond donors (Lipinski definition) is 0. The van der Waals surface area contributed by atoms with Gasteiger partial charge >= 0.3 is 5.76 Å². The van der Waals surface area contributed by atoms with E-state index in [0.29, 0.717) is 0 Å². The largest absolute Gasteiger partial charge is 0.419 e. The summed E-state index contributed by atoms with van der Waals surface area (Å²) in [6.07, 6.45) is 0. The molecule has 2 rings (SSSR count). The lowest BCUT2D eigenvalue weighted by Crippen LogP contribution is -2.10. The molecule has 0 saturated heterocycles. The molecule has 5 nitrogen and oxygen atoms in total. The first-order valence-electron chi connectivity index (χ1n) is 4.05. The SMILES string of the molecule is Cn1c(=O)oc2ccc(F)c(S(=O)(=O)Cl)c21. The maximum atomic E-state index is 13.4. The van der Waals surface area contributed by atoms with Crippen molar-refractivity contribution in [2.45, 2.75) is 4.90 Å². The molecule has 0 unspecified atom stereocenters. The van der Waals surface area contributed by atoms with E-state index < -0.39 is 25.5 Å². The first kappa shape index (κ1) is 11.2. The molecule has 0 saturated carbocycles. The highest BCUT2D eigenvalue weighted by molar-refractivity contribution is 8.14. The first-order chi connectivity index (χ1) is 7.32. The highest BCUT2D eigenvalue weighted by Crippen LogP contribution is 2.27. The van der Waals surface area contributed by atoms with Crippen LogP contribution in [0, 0.1) is 5.82 Å². The Morgan fingerprint density at radius 1 is 1.44 bits per heavy atom. The average molecular weight is 266 g/mol. The zero-order valence-corrected chi connectivity index (χ0v) is 9.47. The predicted molar refractivity (Wildman–Crippen MR) is 54.5 cm³/mol. The van der Waals surface area contributed by atoms with E-state index in [1.54, 1.807) is 0 Å². The number of benzene rings is 1. The zero-order valence-electron chi connectivity index (χ0n) is 7.90. The summed E-state index contributed by atoms with van der Waals surface area (Å²) in [4.78, 5) is 10.4. The smallest absolute Gasteiger partial charge is 0.408 e. The van der Waals surface area contributed by atoms with Crippen molar-refractivity contribution in [2.75, 3.05) is 0 Å². The summed E-state index contributed by atoms with van der Waals surface area (Å²) < 4.78 is 41.4. The van der Waals surface area contributed by atoms with Crippen LogP contribution >= 0.6 is 10.7 Å². The van der Waals surface area contributed by atoms with E-state index in [1.165, 1.54) is 7.05 Å². The van der Waals surface area contributed by atoms with Crippen LogP contribution in [-0.2, 0) is 16.1 Å². The molecule has 16 heavy (non-hydrogen) atoms. The third-order valence-corrected chi connectivity index (χ3v) is 3.44. The molecule has 0 N–H and O–H groups in total. The molecule has 0 bridgehead atoms. The van der Waals surface area contributed by atoms with Crippen LogP contribution in [0.4, 0.5) is 4.39 Å².